The predicted octanol–water partition coefficient (Wildman–Crippen LogP) is 4.47. The van der Waals surface area contributed by atoms with Crippen LogP contribution in [0.2, 0.25) is 0 Å². The summed E-state index contributed by atoms with van der Waals surface area (Å²) in [4.78, 5) is 14.1. The molecule has 1 N–H and O–H groups in total. The lowest BCUT2D eigenvalue weighted by atomic mass is 10.2. The van der Waals surface area contributed by atoms with Gasteiger partial charge in [-0.25, -0.2) is 4.39 Å². The first-order valence-corrected chi connectivity index (χ1v) is 11.5. The van der Waals surface area contributed by atoms with Crippen molar-refractivity contribution < 1.29 is 18.3 Å². The quantitative estimate of drug-likeness (QED) is 0.401. The van der Waals surface area contributed by atoms with Crippen LogP contribution < -0.4 is 10.1 Å². The molecule has 0 saturated carbocycles. The summed E-state index contributed by atoms with van der Waals surface area (Å²) in [6.07, 6.45) is 1.30. The van der Waals surface area contributed by atoms with Crippen LogP contribution in [0.4, 0.5) is 10.1 Å². The molecule has 0 bridgehead atoms. The third-order valence-corrected chi connectivity index (χ3v) is 5.33. The first-order chi connectivity index (χ1) is 15.5. The van der Waals surface area contributed by atoms with Gasteiger partial charge in [0.1, 0.15) is 11.6 Å². The number of hydrogen-bond donors (Lipinski definition) is 1. The molecule has 1 aromatic heterocycles. The maximum Gasteiger partial charge on any atom is 0.247 e. The van der Waals surface area contributed by atoms with E-state index in [4.69, 9.17) is 9.15 Å². The number of carbonyl (C=O) groups excluding carboxylic acids is 1. The van der Waals surface area contributed by atoms with Crippen molar-refractivity contribution >= 4 is 23.4 Å². The standard InChI is InChI=1S/C23H27FN4O3S/c1-28(2)13-3-4-21(29)25-19-9-5-17(6-10-19)23-27-26-22(31-23)16-32-15-14-30-20-11-7-18(24)8-12-20/h5-12H,3-4,13-16H2,1-2H3,(H,25,29). The summed E-state index contributed by atoms with van der Waals surface area (Å²) in [5, 5.41) is 11.1. The van der Waals surface area contributed by atoms with Crippen molar-refractivity contribution in [1.82, 2.24) is 15.1 Å². The minimum Gasteiger partial charge on any atom is -0.493 e. The lowest BCUT2D eigenvalue weighted by Crippen LogP contribution is -2.17. The number of aromatic nitrogens is 2. The Hall–Kier alpha value is -2.91. The number of nitrogens with zero attached hydrogens (tertiary/aromatic N) is 3. The first kappa shape index (κ1) is 23.7. The molecule has 0 aliphatic rings. The first-order valence-electron chi connectivity index (χ1n) is 10.3. The van der Waals surface area contributed by atoms with Crippen molar-refractivity contribution in [1.29, 1.82) is 0 Å². The van der Waals surface area contributed by atoms with Gasteiger partial charge in [-0.15, -0.1) is 22.0 Å². The number of thioether (sulfide) groups is 1. The van der Waals surface area contributed by atoms with Gasteiger partial charge in [0.05, 0.1) is 12.4 Å². The average molecular weight is 459 g/mol. The zero-order chi connectivity index (χ0) is 22.8. The number of anilines is 1. The van der Waals surface area contributed by atoms with E-state index >= 15 is 0 Å². The van der Waals surface area contributed by atoms with Crippen molar-refractivity contribution in [2.24, 2.45) is 0 Å². The van der Waals surface area contributed by atoms with E-state index in [1.54, 1.807) is 23.9 Å². The lowest BCUT2D eigenvalue weighted by Gasteiger charge is -2.09. The Bertz CT molecular complexity index is 978. The number of halogens is 1. The molecular weight excluding hydrogens is 431 g/mol. The van der Waals surface area contributed by atoms with Crippen molar-refractivity contribution in [2.75, 3.05) is 38.3 Å². The number of hydrogen-bond acceptors (Lipinski definition) is 7. The second-order valence-corrected chi connectivity index (χ2v) is 8.49. The van der Waals surface area contributed by atoms with Crippen LogP contribution in [0.3, 0.4) is 0 Å². The van der Waals surface area contributed by atoms with E-state index < -0.39 is 0 Å². The Morgan fingerprint density at radius 1 is 1.12 bits per heavy atom. The largest absolute Gasteiger partial charge is 0.493 e. The van der Waals surface area contributed by atoms with Crippen molar-refractivity contribution in [2.45, 2.75) is 18.6 Å². The van der Waals surface area contributed by atoms with Crippen LogP contribution >= 0.6 is 11.8 Å². The van der Waals surface area contributed by atoms with Crippen molar-refractivity contribution in [3.05, 3.63) is 60.2 Å². The number of nitrogens with one attached hydrogen (secondary N) is 1. The van der Waals surface area contributed by atoms with Crippen LogP contribution in [-0.2, 0) is 10.5 Å². The van der Waals surface area contributed by atoms with Gasteiger partial charge in [0.25, 0.3) is 0 Å². The van der Waals surface area contributed by atoms with Gasteiger partial charge in [-0.2, -0.15) is 0 Å². The molecule has 32 heavy (non-hydrogen) atoms. The Morgan fingerprint density at radius 3 is 2.59 bits per heavy atom. The molecule has 0 fully saturated rings. The van der Waals surface area contributed by atoms with Crippen LogP contribution in [0.5, 0.6) is 5.75 Å². The molecule has 0 spiro atoms. The van der Waals surface area contributed by atoms with Crippen LogP contribution in [0.1, 0.15) is 18.7 Å². The molecule has 0 unspecified atom stereocenters. The maximum absolute atomic E-state index is 12.9. The van der Waals surface area contributed by atoms with Gasteiger partial charge < -0.3 is 19.4 Å². The minimum atomic E-state index is -0.283. The third-order valence-electron chi connectivity index (χ3n) is 4.43. The van der Waals surface area contributed by atoms with Crippen molar-refractivity contribution in [3.8, 4) is 17.2 Å². The highest BCUT2D eigenvalue weighted by Gasteiger charge is 2.10. The molecule has 0 saturated heterocycles. The maximum atomic E-state index is 12.9. The van der Waals surface area contributed by atoms with E-state index in [9.17, 15) is 9.18 Å². The topological polar surface area (TPSA) is 80.5 Å². The second-order valence-electron chi connectivity index (χ2n) is 7.39. The highest BCUT2D eigenvalue weighted by Crippen LogP contribution is 2.22. The zero-order valence-corrected chi connectivity index (χ0v) is 19.0. The molecule has 2 aromatic carbocycles. The third kappa shape index (κ3) is 7.97. The van der Waals surface area contributed by atoms with E-state index in [1.807, 2.05) is 38.4 Å². The fourth-order valence-corrected chi connectivity index (χ4v) is 3.45. The molecule has 3 rings (SSSR count). The summed E-state index contributed by atoms with van der Waals surface area (Å²) in [5.41, 5.74) is 1.53. The van der Waals surface area contributed by atoms with Gasteiger partial charge in [-0.05, 0) is 75.6 Å². The van der Waals surface area contributed by atoms with Gasteiger partial charge in [0.2, 0.25) is 17.7 Å². The number of amides is 1. The summed E-state index contributed by atoms with van der Waals surface area (Å²) in [6, 6.07) is 13.3. The molecule has 0 aliphatic carbocycles. The van der Waals surface area contributed by atoms with Crippen LogP contribution in [0.25, 0.3) is 11.5 Å². The monoisotopic (exact) mass is 458 g/mol. The molecule has 170 valence electrons. The molecule has 1 amide bonds. The van der Waals surface area contributed by atoms with Crippen LogP contribution in [-0.4, -0.2) is 54.0 Å². The second kappa shape index (κ2) is 12.2. The highest BCUT2D eigenvalue weighted by molar-refractivity contribution is 7.98. The summed E-state index contributed by atoms with van der Waals surface area (Å²) >= 11 is 1.61. The fraction of sp³-hybridized carbons (Fsp3) is 0.348. The molecule has 0 radical (unpaired) electrons. The van der Waals surface area contributed by atoms with Gasteiger partial charge in [-0.1, -0.05) is 0 Å². The Kier molecular flexibility index (Phi) is 9.06. The summed E-state index contributed by atoms with van der Waals surface area (Å²) in [6.45, 7) is 1.38. The van der Waals surface area contributed by atoms with Gasteiger partial charge in [0, 0.05) is 23.4 Å². The fourth-order valence-electron chi connectivity index (χ4n) is 2.81. The smallest absolute Gasteiger partial charge is 0.247 e. The Labute approximate surface area is 191 Å². The molecule has 0 aliphatic heterocycles. The van der Waals surface area contributed by atoms with Gasteiger partial charge in [-0.3, -0.25) is 4.79 Å². The van der Waals surface area contributed by atoms with Crippen LogP contribution in [0.15, 0.2) is 52.9 Å². The van der Waals surface area contributed by atoms with Gasteiger partial charge in [0.15, 0.2) is 0 Å². The zero-order valence-electron chi connectivity index (χ0n) is 18.2. The number of ether oxygens (including phenoxy) is 1. The van der Waals surface area contributed by atoms with Crippen LogP contribution in [0, 0.1) is 5.82 Å². The van der Waals surface area contributed by atoms with E-state index in [-0.39, 0.29) is 11.7 Å². The molecule has 9 heteroatoms. The highest BCUT2D eigenvalue weighted by atomic mass is 32.2. The predicted molar refractivity (Wildman–Crippen MR) is 124 cm³/mol. The number of rotatable bonds is 12. The molecular formula is C23H27FN4O3S. The molecule has 1 heterocycles. The summed E-state index contributed by atoms with van der Waals surface area (Å²) in [5.74, 6) is 2.63. The summed E-state index contributed by atoms with van der Waals surface area (Å²) < 4.78 is 24.2. The number of benzene rings is 2. The van der Waals surface area contributed by atoms with Crippen molar-refractivity contribution in [3.63, 3.8) is 0 Å². The molecule has 7 nitrogen and oxygen atoms in total. The van der Waals surface area contributed by atoms with E-state index in [0.717, 1.165) is 30.0 Å². The van der Waals surface area contributed by atoms with E-state index in [1.165, 1.54) is 12.1 Å². The minimum absolute atomic E-state index is 0.000101. The summed E-state index contributed by atoms with van der Waals surface area (Å²) in [7, 11) is 3.98. The normalized spacial score (nSPS) is 11.0. The van der Waals surface area contributed by atoms with E-state index in [2.05, 4.69) is 20.4 Å². The number of carbonyl (C=O) groups is 1. The SMILES string of the molecule is CN(C)CCCC(=O)Nc1ccc(-c2nnc(CSCCOc3ccc(F)cc3)o2)cc1. The Balaban J connectivity index is 1.39. The molecule has 3 aromatic rings. The Morgan fingerprint density at radius 2 is 1.88 bits per heavy atom. The lowest BCUT2D eigenvalue weighted by molar-refractivity contribution is -0.116. The van der Waals surface area contributed by atoms with Gasteiger partial charge >= 0.3 is 0 Å². The average Bonchev–Trinajstić information content (AvgIpc) is 3.24. The molecule has 0 atom stereocenters. The van der Waals surface area contributed by atoms with E-state index in [0.29, 0.717) is 36.3 Å².